The van der Waals surface area contributed by atoms with Crippen molar-refractivity contribution in [3.8, 4) is 0 Å². The van der Waals surface area contributed by atoms with Gasteiger partial charge in [0.05, 0.1) is 5.69 Å². The summed E-state index contributed by atoms with van der Waals surface area (Å²) < 4.78 is 13.5. The van der Waals surface area contributed by atoms with E-state index in [1.165, 1.54) is 11.6 Å². The average Bonchev–Trinajstić information content (AvgIpc) is 2.49. The van der Waals surface area contributed by atoms with Crippen LogP contribution in [0, 0.1) is 5.82 Å². The van der Waals surface area contributed by atoms with E-state index in [1.54, 1.807) is 12.1 Å². The van der Waals surface area contributed by atoms with Crippen molar-refractivity contribution in [3.63, 3.8) is 0 Å². The first-order valence-corrected chi connectivity index (χ1v) is 7.04. The lowest BCUT2D eigenvalue weighted by molar-refractivity contribution is 0.291. The van der Waals surface area contributed by atoms with Gasteiger partial charge in [-0.3, -0.25) is 4.90 Å². The van der Waals surface area contributed by atoms with Gasteiger partial charge < -0.3 is 5.32 Å². The van der Waals surface area contributed by atoms with Crippen molar-refractivity contribution in [3.05, 3.63) is 66.0 Å². The van der Waals surface area contributed by atoms with Gasteiger partial charge in [0.15, 0.2) is 0 Å². The highest BCUT2D eigenvalue weighted by Crippen LogP contribution is 2.12. The lowest BCUT2D eigenvalue weighted by Gasteiger charge is -2.21. The maximum Gasteiger partial charge on any atom is 0.146 e. The quantitative estimate of drug-likeness (QED) is 0.825. The molecule has 106 valence electrons. The van der Waals surface area contributed by atoms with Gasteiger partial charge in [-0.2, -0.15) is 0 Å². The number of para-hydroxylation sites is 1. The van der Waals surface area contributed by atoms with Gasteiger partial charge in [0.25, 0.3) is 0 Å². The number of likely N-dealkylation sites (N-methyl/N-ethyl adjacent to an activating group) is 1. The Morgan fingerprint density at radius 1 is 1.00 bits per heavy atom. The van der Waals surface area contributed by atoms with Crippen molar-refractivity contribution in [1.29, 1.82) is 0 Å². The van der Waals surface area contributed by atoms with Crippen LogP contribution in [-0.4, -0.2) is 24.5 Å². The predicted octanol–water partition coefficient (Wildman–Crippen LogP) is 3.76. The van der Waals surface area contributed by atoms with Crippen LogP contribution in [0.2, 0.25) is 0 Å². The molecular formula is C17H21FN2. The van der Waals surface area contributed by atoms with Gasteiger partial charge in [-0.25, -0.2) is 4.39 Å². The Morgan fingerprint density at radius 2 is 1.70 bits per heavy atom. The summed E-state index contributed by atoms with van der Waals surface area (Å²) in [5.41, 5.74) is 1.88. The first kappa shape index (κ1) is 14.5. The molecule has 0 heterocycles. The van der Waals surface area contributed by atoms with Gasteiger partial charge in [-0.05, 0) is 24.2 Å². The molecule has 2 nitrogen and oxygen atoms in total. The number of benzene rings is 2. The van der Waals surface area contributed by atoms with Crippen LogP contribution in [0.1, 0.15) is 12.5 Å². The van der Waals surface area contributed by atoms with Crippen LogP contribution in [0.3, 0.4) is 0 Å². The molecule has 2 aromatic carbocycles. The van der Waals surface area contributed by atoms with Crippen molar-refractivity contribution in [1.82, 2.24) is 4.90 Å². The van der Waals surface area contributed by atoms with Gasteiger partial charge >= 0.3 is 0 Å². The Kier molecular flexibility index (Phi) is 5.56. The van der Waals surface area contributed by atoms with Gasteiger partial charge in [-0.15, -0.1) is 0 Å². The number of anilines is 1. The minimum Gasteiger partial charge on any atom is -0.381 e. The van der Waals surface area contributed by atoms with Crippen LogP contribution in [0.5, 0.6) is 0 Å². The molecule has 2 rings (SSSR count). The van der Waals surface area contributed by atoms with E-state index < -0.39 is 0 Å². The van der Waals surface area contributed by atoms with Gasteiger partial charge in [0.1, 0.15) is 5.82 Å². The van der Waals surface area contributed by atoms with Crippen molar-refractivity contribution in [2.45, 2.75) is 13.5 Å². The van der Waals surface area contributed by atoms with Gasteiger partial charge in [0.2, 0.25) is 0 Å². The zero-order valence-corrected chi connectivity index (χ0v) is 11.8. The molecule has 0 aliphatic carbocycles. The molecule has 0 atom stereocenters. The minimum absolute atomic E-state index is 0.196. The summed E-state index contributed by atoms with van der Waals surface area (Å²) in [5.74, 6) is -0.196. The summed E-state index contributed by atoms with van der Waals surface area (Å²) >= 11 is 0. The molecule has 0 unspecified atom stereocenters. The SMILES string of the molecule is CCN(CCNc1ccccc1F)Cc1ccccc1. The second-order valence-corrected chi connectivity index (χ2v) is 4.76. The number of nitrogens with zero attached hydrogens (tertiary/aromatic N) is 1. The molecule has 0 bridgehead atoms. The third-order valence-electron chi connectivity index (χ3n) is 3.31. The molecule has 0 amide bonds. The predicted molar refractivity (Wildman–Crippen MR) is 82.3 cm³/mol. The summed E-state index contributed by atoms with van der Waals surface area (Å²) in [4.78, 5) is 2.34. The van der Waals surface area contributed by atoms with Gasteiger partial charge in [-0.1, -0.05) is 49.4 Å². The Balaban J connectivity index is 1.81. The smallest absolute Gasteiger partial charge is 0.146 e. The van der Waals surface area contributed by atoms with E-state index in [0.717, 1.165) is 26.2 Å². The summed E-state index contributed by atoms with van der Waals surface area (Å²) in [6, 6.07) is 17.2. The molecule has 0 aliphatic heterocycles. The molecule has 2 aromatic rings. The highest BCUT2D eigenvalue weighted by atomic mass is 19.1. The molecule has 0 aromatic heterocycles. The topological polar surface area (TPSA) is 15.3 Å². The summed E-state index contributed by atoms with van der Waals surface area (Å²) in [7, 11) is 0. The summed E-state index contributed by atoms with van der Waals surface area (Å²) in [6.45, 7) is 5.68. The van der Waals surface area contributed by atoms with E-state index in [0.29, 0.717) is 5.69 Å². The van der Waals surface area contributed by atoms with Crippen molar-refractivity contribution in [2.24, 2.45) is 0 Å². The molecule has 1 N–H and O–H groups in total. The Bertz CT molecular complexity index is 513. The van der Waals surface area contributed by atoms with Crippen LogP contribution in [0.25, 0.3) is 0 Å². The number of halogens is 1. The number of nitrogens with one attached hydrogen (secondary N) is 1. The Labute approximate surface area is 120 Å². The highest BCUT2D eigenvalue weighted by molar-refractivity contribution is 5.44. The highest BCUT2D eigenvalue weighted by Gasteiger charge is 2.04. The second kappa shape index (κ2) is 7.65. The van der Waals surface area contributed by atoms with E-state index in [9.17, 15) is 4.39 Å². The van der Waals surface area contributed by atoms with E-state index in [4.69, 9.17) is 0 Å². The number of rotatable bonds is 7. The normalized spacial score (nSPS) is 10.8. The first-order valence-electron chi connectivity index (χ1n) is 7.04. The molecule has 0 radical (unpaired) electrons. The largest absolute Gasteiger partial charge is 0.381 e. The molecule has 0 aliphatic rings. The molecule has 20 heavy (non-hydrogen) atoms. The molecule has 0 fully saturated rings. The van der Waals surface area contributed by atoms with Crippen molar-refractivity contribution < 1.29 is 4.39 Å². The monoisotopic (exact) mass is 272 g/mol. The van der Waals surface area contributed by atoms with Crippen LogP contribution in [0.4, 0.5) is 10.1 Å². The second-order valence-electron chi connectivity index (χ2n) is 4.76. The third-order valence-corrected chi connectivity index (χ3v) is 3.31. The Morgan fingerprint density at radius 3 is 2.40 bits per heavy atom. The summed E-state index contributed by atoms with van der Waals surface area (Å²) in [6.07, 6.45) is 0. The van der Waals surface area contributed by atoms with E-state index in [1.807, 2.05) is 12.1 Å². The standard InChI is InChI=1S/C17H21FN2/c1-2-20(14-15-8-4-3-5-9-15)13-12-19-17-11-7-6-10-16(17)18/h3-11,19H,2,12-14H2,1H3. The van der Waals surface area contributed by atoms with Crippen LogP contribution in [-0.2, 0) is 6.54 Å². The summed E-state index contributed by atoms with van der Waals surface area (Å²) in [5, 5.41) is 3.15. The van der Waals surface area contributed by atoms with Gasteiger partial charge in [0, 0.05) is 19.6 Å². The van der Waals surface area contributed by atoms with E-state index in [-0.39, 0.29) is 5.82 Å². The fourth-order valence-corrected chi connectivity index (χ4v) is 2.14. The van der Waals surface area contributed by atoms with Crippen LogP contribution >= 0.6 is 0 Å². The average molecular weight is 272 g/mol. The van der Waals surface area contributed by atoms with Crippen LogP contribution in [0.15, 0.2) is 54.6 Å². The van der Waals surface area contributed by atoms with E-state index >= 15 is 0 Å². The lowest BCUT2D eigenvalue weighted by Crippen LogP contribution is -2.28. The minimum atomic E-state index is -0.196. The fraction of sp³-hybridized carbons (Fsp3) is 0.294. The van der Waals surface area contributed by atoms with E-state index in [2.05, 4.69) is 41.4 Å². The number of hydrogen-bond acceptors (Lipinski definition) is 2. The Hall–Kier alpha value is -1.87. The van der Waals surface area contributed by atoms with Crippen molar-refractivity contribution in [2.75, 3.05) is 25.0 Å². The molecule has 0 spiro atoms. The third kappa shape index (κ3) is 4.35. The molecule has 0 saturated carbocycles. The molecule has 0 saturated heterocycles. The maximum absolute atomic E-state index is 13.5. The zero-order chi connectivity index (χ0) is 14.2. The number of hydrogen-bond donors (Lipinski definition) is 1. The van der Waals surface area contributed by atoms with Crippen molar-refractivity contribution >= 4 is 5.69 Å². The lowest BCUT2D eigenvalue weighted by atomic mass is 10.2. The maximum atomic E-state index is 13.5. The van der Waals surface area contributed by atoms with Crippen LogP contribution < -0.4 is 5.32 Å². The zero-order valence-electron chi connectivity index (χ0n) is 11.8. The molecule has 3 heteroatoms. The first-order chi connectivity index (χ1) is 9.79. The fourth-order valence-electron chi connectivity index (χ4n) is 2.14. The molecular weight excluding hydrogens is 251 g/mol.